The molecule has 2 aliphatic rings. The number of aryl methyl sites for hydroxylation is 1. The zero-order valence-corrected chi connectivity index (χ0v) is 13.7. The van der Waals surface area contributed by atoms with Gasteiger partial charge in [0.25, 0.3) is 0 Å². The van der Waals surface area contributed by atoms with E-state index < -0.39 is 0 Å². The van der Waals surface area contributed by atoms with Gasteiger partial charge in [-0.1, -0.05) is 12.8 Å². The van der Waals surface area contributed by atoms with E-state index in [0.717, 1.165) is 28.1 Å². The first-order valence-corrected chi connectivity index (χ1v) is 8.78. The second-order valence-corrected chi connectivity index (χ2v) is 8.44. The predicted molar refractivity (Wildman–Crippen MR) is 81.6 cm³/mol. The van der Waals surface area contributed by atoms with E-state index in [2.05, 4.69) is 28.9 Å². The Morgan fingerprint density at radius 1 is 1.47 bits per heavy atom. The Labute approximate surface area is 127 Å². The molecule has 1 saturated carbocycles. The molecule has 2 nitrogen and oxygen atoms in total. The number of halogens is 1. The molecule has 2 fully saturated rings. The van der Waals surface area contributed by atoms with Crippen molar-refractivity contribution < 1.29 is 9.84 Å². The minimum Gasteiger partial charge on any atom is -0.387 e. The maximum absolute atomic E-state index is 10.7. The van der Waals surface area contributed by atoms with Crippen molar-refractivity contribution >= 4 is 27.3 Å². The van der Waals surface area contributed by atoms with Crippen molar-refractivity contribution in [2.24, 2.45) is 5.92 Å². The number of aliphatic hydroxyl groups excluding tert-OH is 1. The minimum absolute atomic E-state index is 0.0907. The van der Waals surface area contributed by atoms with Gasteiger partial charge in [-0.05, 0) is 66.1 Å². The Bertz CT molecular complexity index is 431. The first-order chi connectivity index (χ1) is 9.10. The summed E-state index contributed by atoms with van der Waals surface area (Å²) < 4.78 is 7.20. The monoisotopic (exact) mass is 344 g/mol. The lowest BCUT2D eigenvalue weighted by Crippen LogP contribution is -2.39. The highest BCUT2D eigenvalue weighted by Gasteiger charge is 2.42. The second kappa shape index (κ2) is 5.47. The van der Waals surface area contributed by atoms with E-state index >= 15 is 0 Å². The Morgan fingerprint density at radius 2 is 2.21 bits per heavy atom. The summed E-state index contributed by atoms with van der Waals surface area (Å²) in [6, 6.07) is 2.12. The van der Waals surface area contributed by atoms with Crippen LogP contribution < -0.4 is 0 Å². The molecule has 1 aliphatic heterocycles. The molecule has 1 aromatic heterocycles. The van der Waals surface area contributed by atoms with Crippen molar-refractivity contribution in [1.29, 1.82) is 0 Å². The summed E-state index contributed by atoms with van der Waals surface area (Å²) in [7, 11) is 0. The molecule has 2 atom stereocenters. The van der Waals surface area contributed by atoms with E-state index in [0.29, 0.717) is 5.92 Å². The molecule has 0 amide bonds. The summed E-state index contributed by atoms with van der Waals surface area (Å²) in [5.41, 5.74) is 1.31. The summed E-state index contributed by atoms with van der Waals surface area (Å²) >= 11 is 5.22. The standard InChI is InChI=1S/C15H21BrO2S/c1-10-8-12(19-14(10)16)13(17)11-4-7-18-15(9-11)5-2-3-6-15/h8,11,13,17H,2-7,9H2,1H3. The van der Waals surface area contributed by atoms with E-state index in [1.807, 2.05) is 0 Å². The molecule has 0 radical (unpaired) electrons. The molecule has 0 bridgehead atoms. The van der Waals surface area contributed by atoms with Crippen LogP contribution in [0, 0.1) is 12.8 Å². The van der Waals surface area contributed by atoms with E-state index in [1.54, 1.807) is 11.3 Å². The van der Waals surface area contributed by atoms with E-state index in [4.69, 9.17) is 4.74 Å². The van der Waals surface area contributed by atoms with E-state index in [-0.39, 0.29) is 11.7 Å². The molecule has 19 heavy (non-hydrogen) atoms. The summed E-state index contributed by atoms with van der Waals surface area (Å²) in [6.07, 6.45) is 6.63. The van der Waals surface area contributed by atoms with Crippen LogP contribution in [0.1, 0.15) is 55.1 Å². The molecule has 0 aromatic carbocycles. The van der Waals surface area contributed by atoms with Gasteiger partial charge in [-0.25, -0.2) is 0 Å². The highest BCUT2D eigenvalue weighted by atomic mass is 79.9. The van der Waals surface area contributed by atoms with Crippen molar-refractivity contribution in [3.8, 4) is 0 Å². The van der Waals surface area contributed by atoms with Gasteiger partial charge in [-0.2, -0.15) is 0 Å². The molecule has 1 aliphatic carbocycles. The number of thiophene rings is 1. The molecule has 4 heteroatoms. The molecule has 2 heterocycles. The maximum atomic E-state index is 10.7. The fraction of sp³-hybridized carbons (Fsp3) is 0.733. The maximum Gasteiger partial charge on any atom is 0.0912 e. The number of aliphatic hydroxyl groups is 1. The van der Waals surface area contributed by atoms with Crippen LogP contribution in [0.3, 0.4) is 0 Å². The third kappa shape index (κ3) is 2.78. The van der Waals surface area contributed by atoms with Gasteiger partial charge in [0, 0.05) is 11.5 Å². The summed E-state index contributed by atoms with van der Waals surface area (Å²) in [6.45, 7) is 2.90. The SMILES string of the molecule is Cc1cc(C(O)C2CCOC3(CCCC3)C2)sc1Br. The van der Waals surface area contributed by atoms with Gasteiger partial charge in [-0.15, -0.1) is 11.3 Å². The van der Waals surface area contributed by atoms with Crippen LogP contribution in [0.4, 0.5) is 0 Å². The van der Waals surface area contributed by atoms with Crippen LogP contribution in [0.5, 0.6) is 0 Å². The zero-order chi connectivity index (χ0) is 13.5. The van der Waals surface area contributed by atoms with Crippen molar-refractivity contribution in [2.45, 2.75) is 57.2 Å². The molecular weight excluding hydrogens is 324 g/mol. The third-order valence-electron chi connectivity index (χ3n) is 4.66. The van der Waals surface area contributed by atoms with Crippen LogP contribution in [0.2, 0.25) is 0 Å². The fourth-order valence-corrected chi connectivity index (χ4v) is 5.22. The lowest BCUT2D eigenvalue weighted by atomic mass is 9.81. The van der Waals surface area contributed by atoms with Crippen LogP contribution >= 0.6 is 27.3 Å². The number of ether oxygens (including phenoxy) is 1. The Balaban J connectivity index is 1.74. The van der Waals surface area contributed by atoms with Crippen molar-refractivity contribution in [3.05, 3.63) is 20.3 Å². The Hall–Kier alpha value is 0.100. The van der Waals surface area contributed by atoms with Crippen molar-refractivity contribution in [1.82, 2.24) is 0 Å². The summed E-state index contributed by atoms with van der Waals surface area (Å²) in [5, 5.41) is 10.7. The number of hydrogen-bond donors (Lipinski definition) is 1. The van der Waals surface area contributed by atoms with Crippen LogP contribution in [-0.4, -0.2) is 17.3 Å². The van der Waals surface area contributed by atoms with Gasteiger partial charge >= 0.3 is 0 Å². The topological polar surface area (TPSA) is 29.5 Å². The summed E-state index contributed by atoms with van der Waals surface area (Å²) in [5.74, 6) is 0.358. The largest absolute Gasteiger partial charge is 0.387 e. The van der Waals surface area contributed by atoms with Gasteiger partial charge in [0.1, 0.15) is 0 Å². The zero-order valence-electron chi connectivity index (χ0n) is 11.3. The lowest BCUT2D eigenvalue weighted by molar-refractivity contribution is -0.113. The van der Waals surface area contributed by atoms with Gasteiger partial charge in [0.05, 0.1) is 15.5 Å². The highest BCUT2D eigenvalue weighted by molar-refractivity contribution is 9.11. The van der Waals surface area contributed by atoms with Crippen LogP contribution in [-0.2, 0) is 4.74 Å². The smallest absolute Gasteiger partial charge is 0.0912 e. The predicted octanol–water partition coefficient (Wildman–Crippen LogP) is 4.59. The van der Waals surface area contributed by atoms with Crippen LogP contribution in [0.15, 0.2) is 9.85 Å². The molecule has 1 saturated heterocycles. The molecule has 2 unspecified atom stereocenters. The average Bonchev–Trinajstić information content (AvgIpc) is 2.97. The Morgan fingerprint density at radius 3 is 2.84 bits per heavy atom. The highest BCUT2D eigenvalue weighted by Crippen LogP contribution is 2.46. The van der Waals surface area contributed by atoms with Crippen LogP contribution in [0.25, 0.3) is 0 Å². The molecule has 1 N–H and O–H groups in total. The fourth-order valence-electron chi connectivity index (χ4n) is 3.56. The average molecular weight is 345 g/mol. The molecule has 3 rings (SSSR count). The van der Waals surface area contributed by atoms with Gasteiger partial charge in [0.15, 0.2) is 0 Å². The number of rotatable bonds is 2. The quantitative estimate of drug-likeness (QED) is 0.849. The van der Waals surface area contributed by atoms with E-state index in [9.17, 15) is 5.11 Å². The Kier molecular flexibility index (Phi) is 4.05. The minimum atomic E-state index is -0.323. The van der Waals surface area contributed by atoms with E-state index in [1.165, 1.54) is 31.2 Å². The third-order valence-corrected chi connectivity index (χ3v) is 6.87. The first-order valence-electron chi connectivity index (χ1n) is 7.17. The van der Waals surface area contributed by atoms with Crippen molar-refractivity contribution in [2.75, 3.05) is 6.61 Å². The van der Waals surface area contributed by atoms with Gasteiger partial charge in [0.2, 0.25) is 0 Å². The normalized spacial score (nSPS) is 27.8. The second-order valence-electron chi connectivity index (χ2n) is 6.04. The first kappa shape index (κ1) is 14.1. The molecular formula is C15H21BrO2S. The summed E-state index contributed by atoms with van der Waals surface area (Å²) in [4.78, 5) is 1.10. The van der Waals surface area contributed by atoms with Crippen molar-refractivity contribution in [3.63, 3.8) is 0 Å². The number of hydrogen-bond acceptors (Lipinski definition) is 3. The van der Waals surface area contributed by atoms with Gasteiger partial charge < -0.3 is 9.84 Å². The lowest BCUT2D eigenvalue weighted by Gasteiger charge is -2.39. The molecule has 106 valence electrons. The van der Waals surface area contributed by atoms with Gasteiger partial charge in [-0.3, -0.25) is 0 Å². The molecule has 1 aromatic rings. The molecule has 1 spiro atoms.